The van der Waals surface area contributed by atoms with Crippen LogP contribution in [-0.4, -0.2) is 52.3 Å². The number of hydrogen-bond acceptors (Lipinski definition) is 4. The van der Waals surface area contributed by atoms with E-state index in [4.69, 9.17) is 0 Å². The summed E-state index contributed by atoms with van der Waals surface area (Å²) in [7, 11) is -1.31. The first kappa shape index (κ1) is 23.6. The fourth-order valence-corrected chi connectivity index (χ4v) is 3.42. The maximum atomic E-state index is 12.3. The standard InChI is InChI=1S/C21H27F2N3O3S/c1-4-24-21(25-14-13-16-7-11-19(12-8-16)30(3,27)28)26(2)15-17-5-9-18(10-6-17)29-20(22)23/h5-12,20H,4,13-15H2,1-3H3,(H,24,25). The van der Waals surface area contributed by atoms with E-state index in [0.717, 1.165) is 17.1 Å². The van der Waals surface area contributed by atoms with Crippen LogP contribution in [0.25, 0.3) is 0 Å². The van der Waals surface area contributed by atoms with Crippen LogP contribution in [0.1, 0.15) is 18.1 Å². The molecule has 0 spiro atoms. The predicted molar refractivity (Wildman–Crippen MR) is 114 cm³/mol. The Balaban J connectivity index is 1.97. The number of benzene rings is 2. The second-order valence-electron chi connectivity index (χ2n) is 6.78. The third-order valence-corrected chi connectivity index (χ3v) is 5.41. The molecule has 0 radical (unpaired) electrons. The molecule has 0 aliphatic carbocycles. The summed E-state index contributed by atoms with van der Waals surface area (Å²) in [6, 6.07) is 13.3. The Kier molecular flexibility index (Phi) is 8.58. The Bertz CT molecular complexity index is 931. The molecule has 0 aliphatic rings. The second-order valence-corrected chi connectivity index (χ2v) is 8.80. The van der Waals surface area contributed by atoms with E-state index in [1.165, 1.54) is 18.4 Å². The highest BCUT2D eigenvalue weighted by Gasteiger charge is 2.09. The third kappa shape index (κ3) is 7.62. The van der Waals surface area contributed by atoms with Crippen molar-refractivity contribution >= 4 is 15.8 Å². The van der Waals surface area contributed by atoms with Crippen LogP contribution in [0.4, 0.5) is 8.78 Å². The van der Waals surface area contributed by atoms with Crippen LogP contribution in [0.5, 0.6) is 5.75 Å². The van der Waals surface area contributed by atoms with Crippen molar-refractivity contribution in [2.75, 3.05) is 26.4 Å². The molecule has 9 heteroatoms. The largest absolute Gasteiger partial charge is 0.435 e. The van der Waals surface area contributed by atoms with Crippen molar-refractivity contribution in [3.63, 3.8) is 0 Å². The summed E-state index contributed by atoms with van der Waals surface area (Å²) in [4.78, 5) is 6.86. The summed E-state index contributed by atoms with van der Waals surface area (Å²) in [5.74, 6) is 0.844. The van der Waals surface area contributed by atoms with Gasteiger partial charge in [-0.2, -0.15) is 8.78 Å². The van der Waals surface area contributed by atoms with Crippen LogP contribution in [0.3, 0.4) is 0 Å². The van der Waals surface area contributed by atoms with Crippen molar-refractivity contribution in [2.24, 2.45) is 4.99 Å². The maximum absolute atomic E-state index is 12.3. The van der Waals surface area contributed by atoms with Crippen LogP contribution >= 0.6 is 0 Å². The molecule has 2 aromatic carbocycles. The average Bonchev–Trinajstić information content (AvgIpc) is 2.68. The summed E-state index contributed by atoms with van der Waals surface area (Å²) in [6.07, 6.45) is 1.86. The molecule has 0 heterocycles. The number of nitrogens with zero attached hydrogens (tertiary/aromatic N) is 2. The zero-order chi connectivity index (χ0) is 22.1. The van der Waals surface area contributed by atoms with Crippen LogP contribution in [0.2, 0.25) is 0 Å². The van der Waals surface area contributed by atoms with E-state index in [9.17, 15) is 17.2 Å². The highest BCUT2D eigenvalue weighted by atomic mass is 32.2. The first-order chi connectivity index (χ1) is 14.2. The van der Waals surface area contributed by atoms with Gasteiger partial charge in [0.2, 0.25) is 0 Å². The number of hydrogen-bond donors (Lipinski definition) is 1. The van der Waals surface area contributed by atoms with Crippen molar-refractivity contribution < 1.29 is 21.9 Å². The molecule has 6 nitrogen and oxygen atoms in total. The van der Waals surface area contributed by atoms with Gasteiger partial charge < -0.3 is 15.0 Å². The van der Waals surface area contributed by atoms with E-state index in [-0.39, 0.29) is 5.75 Å². The Morgan fingerprint density at radius 3 is 2.23 bits per heavy atom. The van der Waals surface area contributed by atoms with Gasteiger partial charge >= 0.3 is 6.61 Å². The molecule has 0 saturated carbocycles. The number of rotatable bonds is 9. The van der Waals surface area contributed by atoms with Gasteiger partial charge in [-0.15, -0.1) is 0 Å². The zero-order valence-corrected chi connectivity index (χ0v) is 18.1. The molecule has 0 unspecified atom stereocenters. The second kappa shape index (κ2) is 10.9. The van der Waals surface area contributed by atoms with Gasteiger partial charge in [-0.3, -0.25) is 4.99 Å². The lowest BCUT2D eigenvalue weighted by molar-refractivity contribution is -0.0498. The molecule has 164 valence electrons. The molecule has 0 aliphatic heterocycles. The monoisotopic (exact) mass is 439 g/mol. The van der Waals surface area contributed by atoms with Gasteiger partial charge in [0.15, 0.2) is 15.8 Å². The molecule has 30 heavy (non-hydrogen) atoms. The first-order valence-corrected chi connectivity index (χ1v) is 11.4. The summed E-state index contributed by atoms with van der Waals surface area (Å²) < 4.78 is 51.9. The van der Waals surface area contributed by atoms with Crippen molar-refractivity contribution in [1.29, 1.82) is 0 Å². The normalized spacial score (nSPS) is 12.1. The number of aliphatic imine (C=N–C) groups is 1. The van der Waals surface area contributed by atoms with E-state index in [0.29, 0.717) is 31.0 Å². The van der Waals surface area contributed by atoms with Crippen LogP contribution in [-0.2, 0) is 22.8 Å². The van der Waals surface area contributed by atoms with Gasteiger partial charge in [-0.05, 0) is 48.7 Å². The van der Waals surface area contributed by atoms with Crippen molar-refractivity contribution in [2.45, 2.75) is 31.4 Å². The van der Waals surface area contributed by atoms with Crippen LogP contribution < -0.4 is 10.1 Å². The lowest BCUT2D eigenvalue weighted by Crippen LogP contribution is -2.38. The molecule has 0 saturated heterocycles. The Morgan fingerprint density at radius 1 is 1.10 bits per heavy atom. The molecular weight excluding hydrogens is 412 g/mol. The van der Waals surface area contributed by atoms with Crippen molar-refractivity contribution in [3.8, 4) is 5.75 Å². The van der Waals surface area contributed by atoms with Crippen LogP contribution in [0, 0.1) is 0 Å². The zero-order valence-electron chi connectivity index (χ0n) is 17.3. The summed E-state index contributed by atoms with van der Waals surface area (Å²) in [5.41, 5.74) is 1.93. The van der Waals surface area contributed by atoms with E-state index < -0.39 is 16.4 Å². The van der Waals surface area contributed by atoms with E-state index in [1.807, 2.05) is 18.9 Å². The molecule has 0 fully saturated rings. The quantitative estimate of drug-likeness (QED) is 0.479. The van der Waals surface area contributed by atoms with Gasteiger partial charge in [0.05, 0.1) is 4.90 Å². The average molecular weight is 440 g/mol. The molecule has 1 N–H and O–H groups in total. The molecule has 0 aromatic heterocycles. The number of guanidine groups is 1. The first-order valence-electron chi connectivity index (χ1n) is 9.51. The molecular formula is C21H27F2N3O3S. The minimum absolute atomic E-state index is 0.124. The lowest BCUT2D eigenvalue weighted by atomic mass is 10.1. The Morgan fingerprint density at radius 2 is 1.70 bits per heavy atom. The molecule has 0 amide bonds. The topological polar surface area (TPSA) is 71.0 Å². The molecule has 0 bridgehead atoms. The van der Waals surface area contributed by atoms with Crippen molar-refractivity contribution in [1.82, 2.24) is 10.2 Å². The SMILES string of the molecule is CCNC(=NCCc1ccc(S(C)(=O)=O)cc1)N(C)Cc1ccc(OC(F)F)cc1. The number of ether oxygens (including phenoxy) is 1. The van der Waals surface area contributed by atoms with E-state index in [1.54, 1.807) is 36.4 Å². The van der Waals surface area contributed by atoms with Crippen LogP contribution in [0.15, 0.2) is 58.4 Å². The number of sulfone groups is 1. The number of alkyl halides is 2. The molecule has 0 atom stereocenters. The third-order valence-electron chi connectivity index (χ3n) is 4.28. The summed E-state index contributed by atoms with van der Waals surface area (Å²) >= 11 is 0. The highest BCUT2D eigenvalue weighted by molar-refractivity contribution is 7.90. The van der Waals surface area contributed by atoms with Gasteiger partial charge in [-0.25, -0.2) is 8.42 Å². The lowest BCUT2D eigenvalue weighted by Gasteiger charge is -2.22. The van der Waals surface area contributed by atoms with E-state index in [2.05, 4.69) is 15.0 Å². The minimum atomic E-state index is -3.20. The number of halogens is 2. The smallest absolute Gasteiger partial charge is 0.387 e. The highest BCUT2D eigenvalue weighted by Crippen LogP contribution is 2.16. The van der Waals surface area contributed by atoms with Gasteiger partial charge in [0.1, 0.15) is 5.75 Å². The fourth-order valence-electron chi connectivity index (χ4n) is 2.79. The Labute approximate surface area is 176 Å². The van der Waals surface area contributed by atoms with Gasteiger partial charge in [-0.1, -0.05) is 24.3 Å². The summed E-state index contributed by atoms with van der Waals surface area (Å²) in [6.45, 7) is 0.918. The number of nitrogens with one attached hydrogen (secondary N) is 1. The van der Waals surface area contributed by atoms with E-state index >= 15 is 0 Å². The maximum Gasteiger partial charge on any atom is 0.387 e. The minimum Gasteiger partial charge on any atom is -0.435 e. The molecule has 2 aromatic rings. The molecule has 2 rings (SSSR count). The van der Waals surface area contributed by atoms with Crippen molar-refractivity contribution in [3.05, 3.63) is 59.7 Å². The fraction of sp³-hybridized carbons (Fsp3) is 0.381. The summed E-state index contributed by atoms with van der Waals surface area (Å²) in [5, 5.41) is 3.23. The van der Waals surface area contributed by atoms with Gasteiger partial charge in [0, 0.05) is 32.9 Å². The van der Waals surface area contributed by atoms with Gasteiger partial charge in [0.25, 0.3) is 0 Å². The predicted octanol–water partition coefficient (Wildman–Crippen LogP) is 3.33. The Hall–Kier alpha value is -2.68.